The van der Waals surface area contributed by atoms with Crippen LogP contribution in [-0.4, -0.2) is 11.2 Å². The van der Waals surface area contributed by atoms with E-state index in [-0.39, 0.29) is 5.69 Å². The van der Waals surface area contributed by atoms with E-state index in [0.29, 0.717) is 21.9 Å². The number of nitro benzene ring substituents is 1. The zero-order valence-corrected chi connectivity index (χ0v) is 9.52. The maximum atomic E-state index is 10.7. The van der Waals surface area contributed by atoms with Crippen molar-refractivity contribution in [3.63, 3.8) is 0 Å². The van der Waals surface area contributed by atoms with E-state index in [2.05, 4.69) is 15.9 Å². The average molecular weight is 270 g/mol. The molecule has 0 aliphatic heterocycles. The Balaban J connectivity index is 3.37. The first-order valence-corrected chi connectivity index (χ1v) is 4.92. The fourth-order valence-corrected chi connectivity index (χ4v) is 1.56. The summed E-state index contributed by atoms with van der Waals surface area (Å²) in [6.07, 6.45) is 2.14. The molecule has 0 saturated heterocycles. The summed E-state index contributed by atoms with van der Waals surface area (Å²) in [4.78, 5) is 20.7. The molecule has 78 valence electrons. The number of aldehydes is 1. The minimum atomic E-state index is -0.478. The molecule has 0 fully saturated rings. The van der Waals surface area contributed by atoms with Crippen molar-refractivity contribution in [2.45, 2.75) is 6.92 Å². The molecule has 15 heavy (non-hydrogen) atoms. The lowest BCUT2D eigenvalue weighted by atomic mass is 10.1. The number of nitro groups is 1. The second-order valence-corrected chi connectivity index (χ2v) is 3.79. The molecule has 0 aromatic heterocycles. The number of hydrogen-bond donors (Lipinski definition) is 0. The first kappa shape index (κ1) is 11.6. The minimum absolute atomic E-state index is 0.0226. The molecule has 5 heteroatoms. The Kier molecular flexibility index (Phi) is 3.74. The van der Waals surface area contributed by atoms with Crippen molar-refractivity contribution >= 4 is 34.0 Å². The third-order valence-corrected chi connectivity index (χ3v) is 2.48. The van der Waals surface area contributed by atoms with Gasteiger partial charge in [-0.05, 0) is 40.6 Å². The van der Waals surface area contributed by atoms with Crippen LogP contribution in [0.2, 0.25) is 0 Å². The maximum Gasteiger partial charge on any atom is 0.277 e. The number of carbonyl (C=O) groups is 1. The van der Waals surface area contributed by atoms with Crippen LogP contribution in [0.5, 0.6) is 0 Å². The Labute approximate surface area is 94.9 Å². The average Bonchev–Trinajstić information content (AvgIpc) is 2.20. The van der Waals surface area contributed by atoms with Crippen molar-refractivity contribution in [1.82, 2.24) is 0 Å². The van der Waals surface area contributed by atoms with E-state index >= 15 is 0 Å². The molecule has 0 radical (unpaired) electrons. The number of hydrogen-bond acceptors (Lipinski definition) is 3. The highest BCUT2D eigenvalue weighted by molar-refractivity contribution is 9.10. The zero-order chi connectivity index (χ0) is 11.4. The zero-order valence-electron chi connectivity index (χ0n) is 7.94. The summed E-state index contributed by atoms with van der Waals surface area (Å²) in [7, 11) is 0. The van der Waals surface area contributed by atoms with Gasteiger partial charge in [0.2, 0.25) is 0 Å². The Bertz CT molecular complexity index is 440. The van der Waals surface area contributed by atoms with Gasteiger partial charge in [-0.3, -0.25) is 14.9 Å². The standard InChI is InChI=1S/C10H8BrNO3/c1-7(6-13)5-8-9(11)3-2-4-10(8)12(14)15/h2-6H,1H3/b7-5+. The third-order valence-electron chi connectivity index (χ3n) is 1.78. The number of carbonyl (C=O) groups excluding carboxylic acids is 1. The van der Waals surface area contributed by atoms with Crippen molar-refractivity contribution in [2.75, 3.05) is 0 Å². The Morgan fingerprint density at radius 1 is 1.53 bits per heavy atom. The van der Waals surface area contributed by atoms with E-state index in [1.165, 1.54) is 12.1 Å². The van der Waals surface area contributed by atoms with Crippen LogP contribution in [0.15, 0.2) is 28.2 Å². The number of nitrogens with zero attached hydrogens (tertiary/aromatic N) is 1. The summed E-state index contributed by atoms with van der Waals surface area (Å²) in [6, 6.07) is 4.67. The van der Waals surface area contributed by atoms with Gasteiger partial charge in [0.15, 0.2) is 0 Å². The van der Waals surface area contributed by atoms with Gasteiger partial charge in [0.25, 0.3) is 5.69 Å². The lowest BCUT2D eigenvalue weighted by molar-refractivity contribution is -0.385. The van der Waals surface area contributed by atoms with Crippen molar-refractivity contribution < 1.29 is 9.72 Å². The van der Waals surface area contributed by atoms with Crippen molar-refractivity contribution in [3.8, 4) is 0 Å². The van der Waals surface area contributed by atoms with E-state index in [9.17, 15) is 14.9 Å². The van der Waals surface area contributed by atoms with E-state index in [0.717, 1.165) is 0 Å². The first-order valence-electron chi connectivity index (χ1n) is 4.12. The molecule has 4 nitrogen and oxygen atoms in total. The highest BCUT2D eigenvalue weighted by Gasteiger charge is 2.13. The quantitative estimate of drug-likeness (QED) is 0.367. The van der Waals surface area contributed by atoms with Gasteiger partial charge in [-0.15, -0.1) is 0 Å². The topological polar surface area (TPSA) is 60.2 Å². The third kappa shape index (κ3) is 2.73. The highest BCUT2D eigenvalue weighted by atomic mass is 79.9. The minimum Gasteiger partial charge on any atom is -0.298 e. The van der Waals surface area contributed by atoms with E-state index in [1.807, 2.05) is 0 Å². The van der Waals surface area contributed by atoms with E-state index in [1.54, 1.807) is 19.1 Å². The molecule has 0 spiro atoms. The lowest BCUT2D eigenvalue weighted by Gasteiger charge is -2.00. The smallest absolute Gasteiger partial charge is 0.277 e. The molecule has 0 saturated carbocycles. The molecule has 0 heterocycles. The molecule has 0 atom stereocenters. The maximum absolute atomic E-state index is 10.7. The van der Waals surface area contributed by atoms with Gasteiger partial charge in [-0.25, -0.2) is 0 Å². The summed E-state index contributed by atoms with van der Waals surface area (Å²) in [5.74, 6) is 0. The van der Waals surface area contributed by atoms with Gasteiger partial charge in [-0.1, -0.05) is 6.07 Å². The van der Waals surface area contributed by atoms with Crippen LogP contribution in [0.25, 0.3) is 6.08 Å². The fourth-order valence-electron chi connectivity index (χ4n) is 1.09. The van der Waals surface area contributed by atoms with Gasteiger partial charge >= 0.3 is 0 Å². The monoisotopic (exact) mass is 269 g/mol. The number of halogens is 1. The molecule has 1 aromatic carbocycles. The Morgan fingerprint density at radius 2 is 2.20 bits per heavy atom. The van der Waals surface area contributed by atoms with Crippen LogP contribution in [-0.2, 0) is 4.79 Å². The van der Waals surface area contributed by atoms with Gasteiger partial charge < -0.3 is 0 Å². The van der Waals surface area contributed by atoms with Crippen molar-refractivity contribution in [1.29, 1.82) is 0 Å². The molecule has 1 aromatic rings. The van der Waals surface area contributed by atoms with Crippen LogP contribution in [0.3, 0.4) is 0 Å². The summed E-state index contributed by atoms with van der Waals surface area (Å²) in [6.45, 7) is 1.59. The summed E-state index contributed by atoms with van der Waals surface area (Å²) in [5.41, 5.74) is 0.822. The number of benzene rings is 1. The second kappa shape index (κ2) is 4.84. The Hall–Kier alpha value is -1.49. The molecule has 0 aliphatic rings. The summed E-state index contributed by atoms with van der Waals surface area (Å²) in [5, 5.41) is 10.7. The van der Waals surface area contributed by atoms with Crippen LogP contribution in [0, 0.1) is 10.1 Å². The lowest BCUT2D eigenvalue weighted by Crippen LogP contribution is -1.92. The van der Waals surface area contributed by atoms with Crippen LogP contribution in [0.4, 0.5) is 5.69 Å². The van der Waals surface area contributed by atoms with Crippen LogP contribution >= 0.6 is 15.9 Å². The van der Waals surface area contributed by atoms with Gasteiger partial charge in [-0.2, -0.15) is 0 Å². The van der Waals surface area contributed by atoms with E-state index in [4.69, 9.17) is 0 Å². The number of allylic oxidation sites excluding steroid dienone is 1. The molecule has 0 amide bonds. The van der Waals surface area contributed by atoms with Crippen molar-refractivity contribution in [2.24, 2.45) is 0 Å². The molecule has 0 bridgehead atoms. The molecule has 1 rings (SSSR count). The van der Waals surface area contributed by atoms with Crippen molar-refractivity contribution in [3.05, 3.63) is 43.9 Å². The fraction of sp³-hybridized carbons (Fsp3) is 0.100. The molecular weight excluding hydrogens is 262 g/mol. The van der Waals surface area contributed by atoms with Crippen LogP contribution in [0.1, 0.15) is 12.5 Å². The van der Waals surface area contributed by atoms with E-state index < -0.39 is 4.92 Å². The molecule has 0 N–H and O–H groups in total. The Morgan fingerprint density at radius 3 is 2.73 bits per heavy atom. The highest BCUT2D eigenvalue weighted by Crippen LogP contribution is 2.28. The molecule has 0 aliphatic carbocycles. The van der Waals surface area contributed by atoms with Gasteiger partial charge in [0.05, 0.1) is 10.5 Å². The summed E-state index contributed by atoms with van der Waals surface area (Å²) < 4.78 is 0.595. The normalized spacial score (nSPS) is 11.2. The molecule has 0 unspecified atom stereocenters. The van der Waals surface area contributed by atoms with Crippen LogP contribution < -0.4 is 0 Å². The predicted molar refractivity (Wildman–Crippen MR) is 60.5 cm³/mol. The second-order valence-electron chi connectivity index (χ2n) is 2.94. The number of rotatable bonds is 3. The summed E-state index contributed by atoms with van der Waals surface area (Å²) >= 11 is 3.21. The molecular formula is C10H8BrNO3. The first-order chi connectivity index (χ1) is 7.06. The predicted octanol–water partition coefficient (Wildman–Crippen LogP) is 2.96. The van der Waals surface area contributed by atoms with Gasteiger partial charge in [0.1, 0.15) is 6.29 Å². The largest absolute Gasteiger partial charge is 0.298 e. The van der Waals surface area contributed by atoms with Gasteiger partial charge in [0, 0.05) is 10.5 Å². The SMILES string of the molecule is C/C(C=O)=C\c1c(Br)cccc1[N+](=O)[O-].